The largest absolute Gasteiger partial charge is 0.353 e. The Morgan fingerprint density at radius 2 is 1.88 bits per heavy atom. The number of nitrogens with one attached hydrogen (secondary N) is 3. The molecular formula is C18H23N3O3. The van der Waals surface area contributed by atoms with Crippen LogP contribution in [0, 0.1) is 5.92 Å². The van der Waals surface area contributed by atoms with Crippen LogP contribution in [0.4, 0.5) is 4.79 Å². The van der Waals surface area contributed by atoms with Gasteiger partial charge in [-0.3, -0.25) is 14.9 Å². The van der Waals surface area contributed by atoms with Gasteiger partial charge in [0, 0.05) is 6.04 Å². The molecule has 1 saturated carbocycles. The molecule has 6 nitrogen and oxygen atoms in total. The minimum atomic E-state index is -0.756. The molecule has 1 heterocycles. The van der Waals surface area contributed by atoms with E-state index in [-0.39, 0.29) is 18.4 Å². The van der Waals surface area contributed by atoms with Crippen molar-refractivity contribution in [3.63, 3.8) is 0 Å². The van der Waals surface area contributed by atoms with E-state index >= 15 is 0 Å². The molecule has 24 heavy (non-hydrogen) atoms. The van der Waals surface area contributed by atoms with Crippen molar-refractivity contribution in [1.82, 2.24) is 16.0 Å². The molecule has 0 spiro atoms. The molecule has 6 heteroatoms. The van der Waals surface area contributed by atoms with Crippen molar-refractivity contribution in [2.45, 2.75) is 50.6 Å². The molecule has 3 rings (SSSR count). The van der Waals surface area contributed by atoms with E-state index < -0.39 is 18.0 Å². The third kappa shape index (κ3) is 4.13. The Labute approximate surface area is 141 Å². The monoisotopic (exact) mass is 329 g/mol. The first-order valence-electron chi connectivity index (χ1n) is 8.56. The molecule has 4 amide bonds. The standard InChI is InChI=1S/C18H23N3O3/c22-16(11-15-17(23)21-18(24)20-15)19-14-9-5-4-8-13(14)10-12-6-2-1-3-7-12/h1-3,6-7,13-15H,4-5,8-11H2,(H,19,22)(H2,20,21,23,24)/t13-,14+,15+/m1/s1. The molecule has 1 aromatic carbocycles. The van der Waals surface area contributed by atoms with E-state index in [4.69, 9.17) is 0 Å². The van der Waals surface area contributed by atoms with Crippen LogP contribution in [0.1, 0.15) is 37.7 Å². The first-order chi connectivity index (χ1) is 11.6. The summed E-state index contributed by atoms with van der Waals surface area (Å²) in [5.41, 5.74) is 1.28. The van der Waals surface area contributed by atoms with Gasteiger partial charge < -0.3 is 10.6 Å². The van der Waals surface area contributed by atoms with E-state index in [1.54, 1.807) is 0 Å². The predicted molar refractivity (Wildman–Crippen MR) is 89.1 cm³/mol. The van der Waals surface area contributed by atoms with Gasteiger partial charge in [-0.1, -0.05) is 43.2 Å². The number of imide groups is 1. The van der Waals surface area contributed by atoms with Crippen molar-refractivity contribution >= 4 is 17.8 Å². The lowest BCUT2D eigenvalue weighted by Crippen LogP contribution is -2.45. The molecule has 1 aliphatic heterocycles. The highest BCUT2D eigenvalue weighted by molar-refractivity contribution is 6.05. The molecule has 3 atom stereocenters. The van der Waals surface area contributed by atoms with Crippen LogP contribution in [-0.4, -0.2) is 29.9 Å². The number of benzene rings is 1. The van der Waals surface area contributed by atoms with E-state index in [0.717, 1.165) is 25.7 Å². The summed E-state index contributed by atoms with van der Waals surface area (Å²) in [5, 5.41) is 7.69. The summed E-state index contributed by atoms with van der Waals surface area (Å²) in [5.74, 6) is -0.195. The molecule has 1 saturated heterocycles. The normalized spacial score (nSPS) is 26.6. The van der Waals surface area contributed by atoms with Crippen molar-refractivity contribution in [3.05, 3.63) is 35.9 Å². The molecule has 2 aliphatic rings. The van der Waals surface area contributed by atoms with Gasteiger partial charge in [-0.05, 0) is 30.7 Å². The maximum Gasteiger partial charge on any atom is 0.322 e. The Bertz CT molecular complexity index is 617. The van der Waals surface area contributed by atoms with Crippen LogP contribution in [0.2, 0.25) is 0 Å². The number of amides is 4. The van der Waals surface area contributed by atoms with Crippen LogP contribution in [0.5, 0.6) is 0 Å². The van der Waals surface area contributed by atoms with Gasteiger partial charge in [0.1, 0.15) is 6.04 Å². The molecule has 0 unspecified atom stereocenters. The molecule has 0 bridgehead atoms. The Kier molecular flexibility index (Phi) is 5.13. The maximum atomic E-state index is 12.3. The molecule has 0 radical (unpaired) electrons. The van der Waals surface area contributed by atoms with Crippen LogP contribution in [0.25, 0.3) is 0 Å². The topological polar surface area (TPSA) is 87.3 Å². The number of hydrogen-bond acceptors (Lipinski definition) is 3. The molecular weight excluding hydrogens is 306 g/mol. The molecule has 0 aromatic heterocycles. The third-order valence-electron chi connectivity index (χ3n) is 4.84. The SMILES string of the molecule is O=C(C[C@@H]1NC(=O)NC1=O)N[C@H]1CCCC[C@@H]1Cc1ccccc1. The number of rotatable bonds is 5. The van der Waals surface area contributed by atoms with Gasteiger partial charge in [0.2, 0.25) is 5.91 Å². The minimum absolute atomic E-state index is 0.00781. The van der Waals surface area contributed by atoms with Crippen LogP contribution in [0.15, 0.2) is 30.3 Å². The fraction of sp³-hybridized carbons (Fsp3) is 0.500. The van der Waals surface area contributed by atoms with E-state index in [9.17, 15) is 14.4 Å². The lowest BCUT2D eigenvalue weighted by molar-refractivity contribution is -0.127. The van der Waals surface area contributed by atoms with Gasteiger partial charge >= 0.3 is 6.03 Å². The van der Waals surface area contributed by atoms with Crippen LogP contribution in [-0.2, 0) is 16.0 Å². The smallest absolute Gasteiger partial charge is 0.322 e. The predicted octanol–water partition coefficient (Wildman–Crippen LogP) is 1.50. The Morgan fingerprint density at radius 3 is 2.58 bits per heavy atom. The van der Waals surface area contributed by atoms with Crippen molar-refractivity contribution < 1.29 is 14.4 Å². The number of hydrogen-bond donors (Lipinski definition) is 3. The number of carbonyl (C=O) groups is 3. The van der Waals surface area contributed by atoms with E-state index in [0.29, 0.717) is 5.92 Å². The fourth-order valence-corrected chi connectivity index (χ4v) is 3.61. The van der Waals surface area contributed by atoms with Crippen molar-refractivity contribution in [2.24, 2.45) is 5.92 Å². The number of urea groups is 1. The highest BCUT2D eigenvalue weighted by Crippen LogP contribution is 2.27. The Morgan fingerprint density at radius 1 is 1.12 bits per heavy atom. The summed E-state index contributed by atoms with van der Waals surface area (Å²) >= 11 is 0. The first-order valence-corrected chi connectivity index (χ1v) is 8.56. The first kappa shape index (κ1) is 16.5. The summed E-state index contributed by atoms with van der Waals surface area (Å²) < 4.78 is 0. The minimum Gasteiger partial charge on any atom is -0.353 e. The van der Waals surface area contributed by atoms with E-state index in [2.05, 4.69) is 28.1 Å². The van der Waals surface area contributed by atoms with E-state index in [1.165, 1.54) is 12.0 Å². The zero-order valence-electron chi connectivity index (χ0n) is 13.6. The maximum absolute atomic E-state index is 12.3. The van der Waals surface area contributed by atoms with Gasteiger partial charge in [-0.25, -0.2) is 4.79 Å². The highest BCUT2D eigenvalue weighted by Gasteiger charge is 2.33. The molecule has 1 aliphatic carbocycles. The quantitative estimate of drug-likeness (QED) is 0.716. The summed E-state index contributed by atoms with van der Waals surface area (Å²) in [6, 6.07) is 9.15. The fourth-order valence-electron chi connectivity index (χ4n) is 3.61. The van der Waals surface area contributed by atoms with Gasteiger partial charge in [0.25, 0.3) is 5.91 Å². The van der Waals surface area contributed by atoms with Gasteiger partial charge in [-0.2, -0.15) is 0 Å². The van der Waals surface area contributed by atoms with Crippen molar-refractivity contribution in [2.75, 3.05) is 0 Å². The molecule has 1 aromatic rings. The van der Waals surface area contributed by atoms with Gasteiger partial charge in [-0.15, -0.1) is 0 Å². The molecule has 3 N–H and O–H groups in total. The number of carbonyl (C=O) groups excluding carboxylic acids is 3. The second-order valence-corrected chi connectivity index (χ2v) is 6.63. The lowest BCUT2D eigenvalue weighted by atomic mass is 9.80. The lowest BCUT2D eigenvalue weighted by Gasteiger charge is -2.32. The Balaban J connectivity index is 1.56. The average molecular weight is 329 g/mol. The zero-order chi connectivity index (χ0) is 16.9. The van der Waals surface area contributed by atoms with E-state index in [1.807, 2.05) is 18.2 Å². The summed E-state index contributed by atoms with van der Waals surface area (Å²) in [4.78, 5) is 34.9. The molecule has 128 valence electrons. The highest BCUT2D eigenvalue weighted by atomic mass is 16.2. The second-order valence-electron chi connectivity index (χ2n) is 6.63. The van der Waals surface area contributed by atoms with Gasteiger partial charge in [0.15, 0.2) is 0 Å². The summed E-state index contributed by atoms with van der Waals surface area (Å²) in [7, 11) is 0. The van der Waals surface area contributed by atoms with Crippen LogP contribution in [0.3, 0.4) is 0 Å². The third-order valence-corrected chi connectivity index (χ3v) is 4.84. The van der Waals surface area contributed by atoms with Crippen molar-refractivity contribution in [3.8, 4) is 0 Å². The summed E-state index contributed by atoms with van der Waals surface area (Å²) in [6.07, 6.45) is 5.30. The Hall–Kier alpha value is -2.37. The van der Waals surface area contributed by atoms with Crippen molar-refractivity contribution in [1.29, 1.82) is 0 Å². The average Bonchev–Trinajstić information content (AvgIpc) is 2.87. The zero-order valence-corrected chi connectivity index (χ0v) is 13.6. The second kappa shape index (κ2) is 7.47. The van der Waals surface area contributed by atoms with Crippen LogP contribution < -0.4 is 16.0 Å². The molecule has 2 fully saturated rings. The van der Waals surface area contributed by atoms with Gasteiger partial charge in [0.05, 0.1) is 6.42 Å². The summed E-state index contributed by atoms with van der Waals surface area (Å²) in [6.45, 7) is 0. The van der Waals surface area contributed by atoms with Crippen LogP contribution >= 0.6 is 0 Å².